The predicted molar refractivity (Wildman–Crippen MR) is 213 cm³/mol. The number of para-hydroxylation sites is 1. The summed E-state index contributed by atoms with van der Waals surface area (Å²) in [6.45, 7) is 23.2. The number of benzene rings is 3. The smallest absolute Gasteiger partial charge is 0.229 e. The summed E-state index contributed by atoms with van der Waals surface area (Å²) >= 11 is 0. The molecule has 0 saturated heterocycles. The molecule has 7 rings (SSSR count). The second-order valence-electron chi connectivity index (χ2n) is 16.0. The molecule has 7 heteroatoms. The summed E-state index contributed by atoms with van der Waals surface area (Å²) < 4.78 is 19.3. The van der Waals surface area contributed by atoms with Gasteiger partial charge in [0.05, 0.1) is 10.6 Å². The quantitative estimate of drug-likeness (QED) is 0.160. The summed E-state index contributed by atoms with van der Waals surface area (Å²) in [5, 5.41) is 5.99. The average molecular weight is 702 g/mol. The lowest BCUT2D eigenvalue weighted by Gasteiger charge is -2.42. The van der Waals surface area contributed by atoms with Crippen LogP contribution in [0.4, 0.5) is 0 Å². The second-order valence-corrected chi connectivity index (χ2v) is 19.5. The minimum atomic E-state index is -1.30. The Hall–Kier alpha value is -4.04. The summed E-state index contributed by atoms with van der Waals surface area (Å²) in [4.78, 5) is 0. The number of allylic oxidation sites excluding steroid dienone is 4. The highest BCUT2D eigenvalue weighted by Crippen LogP contribution is 2.56. The Labute approximate surface area is 301 Å². The first-order valence-electron chi connectivity index (χ1n) is 17.5. The maximum Gasteiger partial charge on any atom is 0.229 e. The van der Waals surface area contributed by atoms with E-state index in [9.17, 15) is 0 Å². The molecule has 4 aromatic rings. The normalized spacial score (nSPS) is 18.4. The van der Waals surface area contributed by atoms with Gasteiger partial charge in [-0.05, 0) is 82.0 Å². The number of fused-ring (bicyclic) bond motifs is 5. The van der Waals surface area contributed by atoms with Crippen molar-refractivity contribution in [2.45, 2.75) is 78.1 Å². The molecule has 2 unspecified atom stereocenters. The number of rotatable bonds is 6. The molecule has 50 heavy (non-hydrogen) atoms. The molecule has 2 bridgehead atoms. The summed E-state index contributed by atoms with van der Waals surface area (Å²) in [6.07, 6.45) is 17.5. The third-order valence-corrected chi connectivity index (χ3v) is 13.6. The summed E-state index contributed by atoms with van der Waals surface area (Å²) in [7, 11) is -2.38. The molecule has 2 atom stereocenters. The van der Waals surface area contributed by atoms with Crippen LogP contribution in [0, 0.1) is 0 Å². The highest BCUT2D eigenvalue weighted by Gasteiger charge is 2.43. The lowest BCUT2D eigenvalue weighted by molar-refractivity contribution is 0.420. The van der Waals surface area contributed by atoms with E-state index in [0.29, 0.717) is 0 Å². The fourth-order valence-corrected chi connectivity index (χ4v) is 10.6. The first-order valence-corrected chi connectivity index (χ1v) is 20.0. The Morgan fingerprint density at radius 1 is 0.900 bits per heavy atom. The van der Waals surface area contributed by atoms with E-state index in [1.165, 1.54) is 33.4 Å². The summed E-state index contributed by atoms with van der Waals surface area (Å²) in [5.74, 6) is 2.79. The van der Waals surface area contributed by atoms with Gasteiger partial charge in [-0.15, -0.1) is 0 Å². The summed E-state index contributed by atoms with van der Waals surface area (Å²) in [5.41, 5.74) is 7.08. The van der Waals surface area contributed by atoms with Crippen LogP contribution < -0.4 is 25.0 Å². The number of hydrogen-bond acceptors (Lipinski definition) is 4. The number of nitrogens with one attached hydrogen (secondary N) is 1. The van der Waals surface area contributed by atoms with Gasteiger partial charge in [-0.1, -0.05) is 104 Å². The minimum Gasteiger partial charge on any atom is -0.455 e. The molecule has 4 heterocycles. The molecule has 0 radical (unpaired) electrons. The average Bonchev–Trinajstić information content (AvgIpc) is 3.60. The van der Waals surface area contributed by atoms with E-state index in [0.717, 1.165) is 40.8 Å². The Morgan fingerprint density at radius 2 is 1.58 bits per heavy atom. The van der Waals surface area contributed by atoms with Gasteiger partial charge in [-0.25, -0.2) is 0 Å². The molecule has 3 aliphatic heterocycles. The standard InChI is InChI=1S/C43H49N3O2P2/c1-10-11-20-44-49(45-21-14-15-22-45)37-27-32(41(2,3)4)25-34-39(37)47-40-35(43(34,8)9)26-33(42(5,6)7)28-38(40)50-46-23-16-17-30(29-46)24-31-18-12-13-19-36(31)48-50/h10-23,25-28,44H,1,24,29H2,2-9H3/b20-11-. The zero-order chi connectivity index (χ0) is 35.4. The molecule has 0 saturated carbocycles. The molecule has 0 aliphatic carbocycles. The van der Waals surface area contributed by atoms with Gasteiger partial charge < -0.3 is 23.4 Å². The topological polar surface area (TPSA) is 38.7 Å². The SMILES string of the molecule is C=C/C=C\NP(c1cc(C(C)(C)C)cc2c1Oc1c(P3Oc4ccccc4CC4=CC=CN3C4)cc(C(C)(C)C)cc1C2(C)C)n1cccc1. The maximum absolute atomic E-state index is 7.44. The Bertz CT molecular complexity index is 2030. The molecule has 5 nitrogen and oxygen atoms in total. The molecule has 3 aromatic carbocycles. The minimum absolute atomic E-state index is 0.0671. The molecule has 3 aliphatic rings. The van der Waals surface area contributed by atoms with Crippen molar-refractivity contribution in [1.82, 2.24) is 14.1 Å². The van der Waals surface area contributed by atoms with Crippen molar-refractivity contribution in [3.05, 3.63) is 150 Å². The predicted octanol–water partition coefficient (Wildman–Crippen LogP) is 10.6. The van der Waals surface area contributed by atoms with E-state index in [1.807, 2.05) is 12.3 Å². The third kappa shape index (κ3) is 6.36. The van der Waals surface area contributed by atoms with Crippen LogP contribution in [0.2, 0.25) is 0 Å². The van der Waals surface area contributed by atoms with Crippen molar-refractivity contribution in [2.75, 3.05) is 6.54 Å². The third-order valence-electron chi connectivity index (χ3n) is 9.87. The van der Waals surface area contributed by atoms with Gasteiger partial charge in [0.2, 0.25) is 8.30 Å². The van der Waals surface area contributed by atoms with Gasteiger partial charge in [0, 0.05) is 47.9 Å². The lowest BCUT2D eigenvalue weighted by Crippen LogP contribution is -2.35. The zero-order valence-electron chi connectivity index (χ0n) is 30.6. The van der Waals surface area contributed by atoms with E-state index >= 15 is 0 Å². The highest BCUT2D eigenvalue weighted by molar-refractivity contribution is 7.62. The largest absolute Gasteiger partial charge is 0.455 e. The van der Waals surface area contributed by atoms with E-state index in [1.54, 1.807) is 6.08 Å². The molecule has 0 fully saturated rings. The lowest BCUT2D eigenvalue weighted by atomic mass is 9.72. The van der Waals surface area contributed by atoms with Gasteiger partial charge in [-0.3, -0.25) is 0 Å². The van der Waals surface area contributed by atoms with E-state index in [2.05, 4.69) is 167 Å². The maximum atomic E-state index is 7.44. The van der Waals surface area contributed by atoms with Crippen LogP contribution in [-0.4, -0.2) is 15.6 Å². The van der Waals surface area contributed by atoms with E-state index in [-0.39, 0.29) is 16.2 Å². The molecular formula is C43H49N3O2P2. The van der Waals surface area contributed by atoms with Crippen molar-refractivity contribution >= 4 is 27.1 Å². The van der Waals surface area contributed by atoms with Crippen LogP contribution in [0.25, 0.3) is 0 Å². The number of nitrogens with zero attached hydrogens (tertiary/aromatic N) is 2. The van der Waals surface area contributed by atoms with Gasteiger partial charge in [-0.2, -0.15) is 0 Å². The van der Waals surface area contributed by atoms with Crippen LogP contribution in [-0.2, 0) is 22.7 Å². The number of aromatic nitrogens is 1. The highest BCUT2D eigenvalue weighted by atomic mass is 31.2. The Morgan fingerprint density at radius 3 is 2.28 bits per heavy atom. The van der Waals surface area contributed by atoms with Crippen LogP contribution in [0.15, 0.2) is 122 Å². The van der Waals surface area contributed by atoms with Gasteiger partial charge in [0.1, 0.15) is 25.5 Å². The van der Waals surface area contributed by atoms with Crippen molar-refractivity contribution < 1.29 is 9.26 Å². The first kappa shape index (κ1) is 34.4. The van der Waals surface area contributed by atoms with E-state index in [4.69, 9.17) is 9.26 Å². The number of ether oxygens (including phenoxy) is 1. The second kappa shape index (κ2) is 12.9. The van der Waals surface area contributed by atoms with Crippen LogP contribution in [0.3, 0.4) is 0 Å². The Balaban J connectivity index is 1.49. The van der Waals surface area contributed by atoms with E-state index < -0.39 is 16.5 Å². The van der Waals surface area contributed by atoms with Crippen LogP contribution >= 0.6 is 16.5 Å². The zero-order valence-corrected chi connectivity index (χ0v) is 32.4. The van der Waals surface area contributed by atoms with Crippen molar-refractivity contribution in [3.8, 4) is 17.2 Å². The molecule has 0 amide bonds. The van der Waals surface area contributed by atoms with Crippen LogP contribution in [0.1, 0.15) is 83.2 Å². The molecule has 0 spiro atoms. The molecule has 258 valence electrons. The first-order chi connectivity index (χ1) is 23.8. The van der Waals surface area contributed by atoms with Crippen molar-refractivity contribution in [3.63, 3.8) is 0 Å². The summed E-state index contributed by atoms with van der Waals surface area (Å²) in [6, 6.07) is 22.2. The van der Waals surface area contributed by atoms with Crippen molar-refractivity contribution in [1.29, 1.82) is 0 Å². The molecular weight excluding hydrogens is 652 g/mol. The Kier molecular flexibility index (Phi) is 8.90. The van der Waals surface area contributed by atoms with Crippen molar-refractivity contribution in [2.24, 2.45) is 0 Å². The van der Waals surface area contributed by atoms with Crippen LogP contribution in [0.5, 0.6) is 17.2 Å². The molecule has 1 aromatic heterocycles. The van der Waals surface area contributed by atoms with Gasteiger partial charge in [0.15, 0.2) is 0 Å². The van der Waals surface area contributed by atoms with Gasteiger partial charge >= 0.3 is 0 Å². The fourth-order valence-electron chi connectivity index (χ4n) is 6.83. The monoisotopic (exact) mass is 701 g/mol. The number of hydrogen-bond donors (Lipinski definition) is 1. The molecule has 1 N–H and O–H groups in total. The van der Waals surface area contributed by atoms with Gasteiger partial charge in [0.25, 0.3) is 0 Å². The fraction of sp³-hybridized carbons (Fsp3) is 0.302.